The van der Waals surface area contributed by atoms with Crippen molar-refractivity contribution in [1.82, 2.24) is 4.90 Å². The summed E-state index contributed by atoms with van der Waals surface area (Å²) in [5.74, 6) is 0. The van der Waals surface area contributed by atoms with Crippen LogP contribution in [-0.4, -0.2) is 40.9 Å². The minimum absolute atomic E-state index is 0.986. The third-order valence-corrected chi connectivity index (χ3v) is 3.45. The van der Waals surface area contributed by atoms with Gasteiger partial charge in [-0.25, -0.2) is 9.48 Å². The van der Waals surface area contributed by atoms with E-state index in [4.69, 9.17) is 11.6 Å². The highest BCUT2D eigenvalue weighted by molar-refractivity contribution is 6.63. The first kappa shape index (κ1) is 12.8. The molecule has 0 aliphatic carbocycles. The van der Waals surface area contributed by atoms with Crippen LogP contribution in [0.25, 0.3) is 0 Å². The lowest BCUT2D eigenvalue weighted by atomic mass is 10.2. The van der Waals surface area contributed by atoms with E-state index in [0.29, 0.717) is 0 Å². The van der Waals surface area contributed by atoms with Crippen molar-refractivity contribution in [3.05, 3.63) is 0 Å². The standard InChI is InChI=1S/C12H24ClN2/c1-3-5-7-9-15-11-10-14(12(15)13)8-6-4-2/h3-11H2,1-2H3/q+1. The van der Waals surface area contributed by atoms with Crippen LogP contribution >= 0.6 is 11.6 Å². The van der Waals surface area contributed by atoms with Gasteiger partial charge in [-0.15, -0.1) is 0 Å². The molecule has 1 aliphatic heterocycles. The molecule has 1 aliphatic rings. The summed E-state index contributed by atoms with van der Waals surface area (Å²) in [5.41, 5.74) is 0. The van der Waals surface area contributed by atoms with Crippen molar-refractivity contribution >= 4 is 16.9 Å². The molecule has 2 nitrogen and oxygen atoms in total. The van der Waals surface area contributed by atoms with E-state index in [9.17, 15) is 0 Å². The lowest BCUT2D eigenvalue weighted by molar-refractivity contribution is -0.516. The summed E-state index contributed by atoms with van der Waals surface area (Å²) in [6.07, 6.45) is 6.37. The first-order chi connectivity index (χ1) is 7.29. The molecule has 3 heteroatoms. The fourth-order valence-electron chi connectivity index (χ4n) is 1.94. The SMILES string of the molecule is CCCCC[N+]1=C(Cl)N(CCCC)CC1. The lowest BCUT2D eigenvalue weighted by Gasteiger charge is -2.07. The zero-order valence-corrected chi connectivity index (χ0v) is 10.9. The first-order valence-corrected chi connectivity index (χ1v) is 6.69. The van der Waals surface area contributed by atoms with Crippen LogP contribution in [0, 0.1) is 0 Å². The number of unbranched alkanes of at least 4 members (excludes halogenated alkanes) is 3. The number of halogens is 1. The van der Waals surface area contributed by atoms with Gasteiger partial charge >= 0.3 is 5.29 Å². The van der Waals surface area contributed by atoms with Crippen LogP contribution in [0.3, 0.4) is 0 Å². The van der Waals surface area contributed by atoms with Crippen molar-refractivity contribution in [3.63, 3.8) is 0 Å². The second-order valence-electron chi connectivity index (χ2n) is 4.30. The molecule has 0 bridgehead atoms. The molecule has 0 fully saturated rings. The normalized spacial score (nSPS) is 16.6. The molecular formula is C12H24ClN2+. The van der Waals surface area contributed by atoms with Crippen molar-refractivity contribution in [3.8, 4) is 0 Å². The molecule has 0 atom stereocenters. The average molecular weight is 232 g/mol. The molecule has 1 rings (SSSR count). The van der Waals surface area contributed by atoms with E-state index >= 15 is 0 Å². The van der Waals surface area contributed by atoms with Crippen LogP contribution in [0.4, 0.5) is 0 Å². The quantitative estimate of drug-likeness (QED) is 0.371. The highest BCUT2D eigenvalue weighted by Crippen LogP contribution is 2.08. The minimum atomic E-state index is 0.986. The number of hydrogen-bond donors (Lipinski definition) is 0. The van der Waals surface area contributed by atoms with Crippen molar-refractivity contribution in [1.29, 1.82) is 0 Å². The summed E-state index contributed by atoms with van der Waals surface area (Å²) in [6, 6.07) is 0. The summed E-state index contributed by atoms with van der Waals surface area (Å²) in [4.78, 5) is 2.32. The van der Waals surface area contributed by atoms with Crippen LogP contribution in [0.1, 0.15) is 46.0 Å². The Morgan fingerprint density at radius 3 is 2.60 bits per heavy atom. The molecule has 0 spiro atoms. The summed E-state index contributed by atoms with van der Waals surface area (Å²) in [6.45, 7) is 8.96. The number of nitrogens with zero attached hydrogens (tertiary/aromatic N) is 2. The Hall–Kier alpha value is -0.240. The van der Waals surface area contributed by atoms with Gasteiger partial charge in [0.05, 0.1) is 13.1 Å². The van der Waals surface area contributed by atoms with Gasteiger partial charge < -0.3 is 0 Å². The number of rotatable bonds is 7. The maximum absolute atomic E-state index is 6.33. The van der Waals surface area contributed by atoms with Gasteiger partial charge in [-0.3, -0.25) is 0 Å². The van der Waals surface area contributed by atoms with Crippen molar-refractivity contribution in [2.24, 2.45) is 0 Å². The molecule has 0 unspecified atom stereocenters. The lowest BCUT2D eigenvalue weighted by Crippen LogP contribution is -2.26. The van der Waals surface area contributed by atoms with E-state index in [-0.39, 0.29) is 0 Å². The number of hydrogen-bond acceptors (Lipinski definition) is 1. The van der Waals surface area contributed by atoms with E-state index in [1.54, 1.807) is 0 Å². The van der Waals surface area contributed by atoms with Crippen molar-refractivity contribution in [2.75, 3.05) is 26.2 Å². The van der Waals surface area contributed by atoms with Crippen LogP contribution in [-0.2, 0) is 0 Å². The van der Waals surface area contributed by atoms with Crippen LogP contribution in [0.15, 0.2) is 0 Å². The molecule has 0 N–H and O–H groups in total. The van der Waals surface area contributed by atoms with Crippen molar-refractivity contribution < 1.29 is 4.58 Å². The van der Waals surface area contributed by atoms with Gasteiger partial charge in [0.2, 0.25) is 0 Å². The predicted molar refractivity (Wildman–Crippen MR) is 66.9 cm³/mol. The summed E-state index contributed by atoms with van der Waals surface area (Å²) >= 11 is 6.33. The van der Waals surface area contributed by atoms with Gasteiger partial charge in [0.15, 0.2) is 0 Å². The van der Waals surface area contributed by atoms with Crippen molar-refractivity contribution in [2.45, 2.75) is 46.0 Å². The molecule has 0 radical (unpaired) electrons. The zero-order chi connectivity index (χ0) is 11.1. The summed E-state index contributed by atoms with van der Waals surface area (Å²) in [5, 5.41) is 0.986. The molecule has 0 saturated heterocycles. The molecule has 88 valence electrons. The summed E-state index contributed by atoms with van der Waals surface area (Å²) < 4.78 is 2.33. The molecule has 0 aromatic heterocycles. The monoisotopic (exact) mass is 231 g/mol. The third-order valence-electron chi connectivity index (χ3n) is 2.97. The highest BCUT2D eigenvalue weighted by Gasteiger charge is 2.27. The maximum atomic E-state index is 6.33. The van der Waals surface area contributed by atoms with Crippen LogP contribution < -0.4 is 0 Å². The Labute approximate surface area is 98.9 Å². The average Bonchev–Trinajstić information content (AvgIpc) is 2.58. The Balaban J connectivity index is 2.33. The number of amidine groups is 1. The molecule has 0 saturated carbocycles. The first-order valence-electron chi connectivity index (χ1n) is 6.32. The smallest absolute Gasteiger partial charge is 0.247 e. The molecule has 0 aromatic carbocycles. The Kier molecular flexibility index (Phi) is 6.07. The van der Waals surface area contributed by atoms with E-state index in [1.165, 1.54) is 32.1 Å². The Morgan fingerprint density at radius 2 is 1.93 bits per heavy atom. The fraction of sp³-hybridized carbons (Fsp3) is 0.917. The van der Waals surface area contributed by atoms with Gasteiger partial charge in [-0.1, -0.05) is 26.7 Å². The second-order valence-corrected chi connectivity index (χ2v) is 4.64. The molecule has 15 heavy (non-hydrogen) atoms. The molecular weight excluding hydrogens is 208 g/mol. The molecule has 1 heterocycles. The van der Waals surface area contributed by atoms with E-state index in [1.807, 2.05) is 0 Å². The Bertz CT molecular complexity index is 214. The largest absolute Gasteiger partial charge is 0.345 e. The summed E-state index contributed by atoms with van der Waals surface area (Å²) in [7, 11) is 0. The fourth-order valence-corrected chi connectivity index (χ4v) is 2.27. The van der Waals surface area contributed by atoms with E-state index < -0.39 is 0 Å². The van der Waals surface area contributed by atoms with E-state index in [2.05, 4.69) is 23.3 Å². The van der Waals surface area contributed by atoms with Crippen LogP contribution in [0.2, 0.25) is 0 Å². The zero-order valence-electron chi connectivity index (χ0n) is 10.1. The van der Waals surface area contributed by atoms with Gasteiger partial charge in [0, 0.05) is 11.6 Å². The third kappa shape index (κ3) is 4.02. The molecule has 0 amide bonds. The van der Waals surface area contributed by atoms with Gasteiger partial charge in [0.25, 0.3) is 0 Å². The van der Waals surface area contributed by atoms with Crippen LogP contribution in [0.5, 0.6) is 0 Å². The van der Waals surface area contributed by atoms with E-state index in [0.717, 1.165) is 31.5 Å². The highest BCUT2D eigenvalue weighted by atomic mass is 35.5. The van der Waals surface area contributed by atoms with Gasteiger partial charge in [0.1, 0.15) is 13.1 Å². The topological polar surface area (TPSA) is 6.25 Å². The Morgan fingerprint density at radius 1 is 1.20 bits per heavy atom. The molecule has 0 aromatic rings. The minimum Gasteiger partial charge on any atom is -0.247 e. The van der Waals surface area contributed by atoms with Gasteiger partial charge in [-0.2, -0.15) is 0 Å². The maximum Gasteiger partial charge on any atom is 0.345 e. The predicted octanol–water partition coefficient (Wildman–Crippen LogP) is 2.90. The van der Waals surface area contributed by atoms with Gasteiger partial charge in [-0.05, 0) is 19.3 Å². The second kappa shape index (κ2) is 7.10.